The lowest BCUT2D eigenvalue weighted by Crippen LogP contribution is -2.39. The number of hydrogen-bond acceptors (Lipinski definition) is 8. The van der Waals surface area contributed by atoms with Crippen LogP contribution in [0.15, 0.2) is 102 Å². The van der Waals surface area contributed by atoms with Crippen LogP contribution in [0.2, 0.25) is 0 Å². The van der Waals surface area contributed by atoms with Gasteiger partial charge in [-0.3, -0.25) is 9.10 Å². The van der Waals surface area contributed by atoms with Crippen molar-refractivity contribution in [3.63, 3.8) is 0 Å². The summed E-state index contributed by atoms with van der Waals surface area (Å²) in [6, 6.07) is 17.5. The average Bonchev–Trinajstić information content (AvgIpc) is 2.98. The number of benzene rings is 3. The average molecular weight is 566 g/mol. The number of amides is 1. The second-order valence-corrected chi connectivity index (χ2v) is 9.92. The Morgan fingerprint density at radius 1 is 0.900 bits per heavy atom. The van der Waals surface area contributed by atoms with E-state index in [0.29, 0.717) is 29.4 Å². The summed E-state index contributed by atoms with van der Waals surface area (Å²) in [5.41, 5.74) is 3.09. The summed E-state index contributed by atoms with van der Waals surface area (Å²) in [6.07, 6.45) is 4.60. The number of hydrazone groups is 1. The van der Waals surface area contributed by atoms with Gasteiger partial charge in [0, 0.05) is 17.7 Å². The highest BCUT2D eigenvalue weighted by Crippen LogP contribution is 2.35. The Kier molecular flexibility index (Phi) is 10.7. The molecule has 0 saturated heterocycles. The highest BCUT2D eigenvalue weighted by Gasteiger charge is 2.29. The van der Waals surface area contributed by atoms with Crippen LogP contribution < -0.4 is 28.7 Å². The second-order valence-electron chi connectivity index (χ2n) is 8.05. The van der Waals surface area contributed by atoms with Gasteiger partial charge in [0.15, 0.2) is 0 Å². The molecule has 0 radical (unpaired) electrons. The van der Waals surface area contributed by atoms with E-state index >= 15 is 0 Å². The van der Waals surface area contributed by atoms with Crippen LogP contribution in [-0.2, 0) is 14.8 Å². The zero-order valence-corrected chi connectivity index (χ0v) is 23.1. The fourth-order valence-electron chi connectivity index (χ4n) is 3.49. The lowest BCUT2D eigenvalue weighted by atomic mass is 10.2. The summed E-state index contributed by atoms with van der Waals surface area (Å²) in [5.74, 6) is 0.999. The number of methoxy groups -OCH3 is 2. The summed E-state index contributed by atoms with van der Waals surface area (Å²) in [5, 5.41) is 4.01. The fraction of sp³-hybridized carbons (Fsp3) is 0.172. The number of rotatable bonds is 15. The zero-order valence-electron chi connectivity index (χ0n) is 22.3. The molecule has 3 aromatic rings. The van der Waals surface area contributed by atoms with Crippen LogP contribution in [0.25, 0.3) is 0 Å². The molecule has 0 heterocycles. The Bertz CT molecular complexity index is 1460. The van der Waals surface area contributed by atoms with E-state index in [1.807, 2.05) is 0 Å². The highest BCUT2D eigenvalue weighted by molar-refractivity contribution is 7.92. The quantitative estimate of drug-likeness (QED) is 0.167. The number of carbonyl (C=O) groups is 1. The van der Waals surface area contributed by atoms with Crippen molar-refractivity contribution >= 4 is 27.8 Å². The molecule has 10 nitrogen and oxygen atoms in total. The molecule has 0 aliphatic rings. The van der Waals surface area contributed by atoms with Crippen molar-refractivity contribution in [1.82, 2.24) is 5.43 Å². The summed E-state index contributed by atoms with van der Waals surface area (Å²) in [4.78, 5) is 13.0. The van der Waals surface area contributed by atoms with Crippen molar-refractivity contribution in [2.75, 3.05) is 38.3 Å². The van der Waals surface area contributed by atoms with E-state index in [1.54, 1.807) is 54.6 Å². The van der Waals surface area contributed by atoms with E-state index in [4.69, 9.17) is 18.9 Å². The standard InChI is InChI=1S/C29H31N3O7S/c1-5-16-38-24-13-12-22(27(19-24)39-17-6-2)20-30-31-29(33)21-32(40(34,35)25-10-8-7-9-11-25)26-15-14-23(36-3)18-28(26)37-4/h5-15,18-20H,1-2,16-17,21H2,3-4H3,(H,31,33)/b30-20+. The van der Waals surface area contributed by atoms with Crippen LogP contribution in [-0.4, -0.2) is 54.5 Å². The molecule has 0 unspecified atom stereocenters. The Labute approximate surface area is 234 Å². The third-order valence-corrected chi connectivity index (χ3v) is 7.15. The van der Waals surface area contributed by atoms with Gasteiger partial charge in [0.2, 0.25) is 0 Å². The topological polar surface area (TPSA) is 116 Å². The maximum absolute atomic E-state index is 13.6. The molecule has 11 heteroatoms. The molecule has 3 aromatic carbocycles. The van der Waals surface area contributed by atoms with Crippen LogP contribution >= 0.6 is 0 Å². The largest absolute Gasteiger partial charge is 0.497 e. The Morgan fingerprint density at radius 2 is 1.57 bits per heavy atom. The van der Waals surface area contributed by atoms with Gasteiger partial charge in [-0.25, -0.2) is 13.8 Å². The predicted molar refractivity (Wildman–Crippen MR) is 154 cm³/mol. The van der Waals surface area contributed by atoms with Gasteiger partial charge in [0.1, 0.15) is 42.8 Å². The van der Waals surface area contributed by atoms with Crippen molar-refractivity contribution in [3.05, 3.63) is 97.6 Å². The summed E-state index contributed by atoms with van der Waals surface area (Å²) in [7, 11) is -1.28. The van der Waals surface area contributed by atoms with Crippen LogP contribution in [0.1, 0.15) is 5.56 Å². The lowest BCUT2D eigenvalue weighted by Gasteiger charge is -2.25. The van der Waals surface area contributed by atoms with E-state index in [0.717, 1.165) is 4.31 Å². The third-order valence-electron chi connectivity index (χ3n) is 5.38. The Balaban J connectivity index is 1.87. The minimum atomic E-state index is -4.16. The van der Waals surface area contributed by atoms with Crippen molar-refractivity contribution in [1.29, 1.82) is 0 Å². The van der Waals surface area contributed by atoms with Crippen LogP contribution in [0.4, 0.5) is 5.69 Å². The number of hydrogen-bond donors (Lipinski definition) is 1. The maximum atomic E-state index is 13.6. The molecule has 40 heavy (non-hydrogen) atoms. The zero-order chi connectivity index (χ0) is 29.0. The Morgan fingerprint density at radius 3 is 2.25 bits per heavy atom. The molecule has 0 aliphatic carbocycles. The highest BCUT2D eigenvalue weighted by atomic mass is 32.2. The monoisotopic (exact) mass is 565 g/mol. The van der Waals surface area contributed by atoms with Crippen LogP contribution in [0.3, 0.4) is 0 Å². The molecule has 3 rings (SSSR count). The molecule has 0 aliphatic heterocycles. The van der Waals surface area contributed by atoms with Gasteiger partial charge >= 0.3 is 0 Å². The second kappa shape index (κ2) is 14.4. The van der Waals surface area contributed by atoms with Gasteiger partial charge in [0.25, 0.3) is 15.9 Å². The fourth-order valence-corrected chi connectivity index (χ4v) is 4.94. The van der Waals surface area contributed by atoms with Crippen molar-refractivity contribution in [2.45, 2.75) is 4.90 Å². The number of ether oxygens (including phenoxy) is 4. The Hall–Kier alpha value is -4.77. The molecule has 0 spiro atoms. The molecule has 0 bridgehead atoms. The van der Waals surface area contributed by atoms with Gasteiger partial charge in [-0.15, -0.1) is 0 Å². The third kappa shape index (κ3) is 7.64. The van der Waals surface area contributed by atoms with E-state index in [2.05, 4.69) is 23.7 Å². The molecule has 1 amide bonds. The first-order valence-corrected chi connectivity index (χ1v) is 13.5. The minimum absolute atomic E-state index is 0.00643. The molecule has 0 aromatic heterocycles. The van der Waals surface area contributed by atoms with Gasteiger partial charge in [0.05, 0.1) is 31.0 Å². The number of nitrogens with one attached hydrogen (secondary N) is 1. The molecule has 0 saturated carbocycles. The molecule has 1 N–H and O–H groups in total. The van der Waals surface area contributed by atoms with Crippen LogP contribution in [0, 0.1) is 0 Å². The SMILES string of the molecule is C=CCOc1ccc(/C=N/NC(=O)CN(c2ccc(OC)cc2OC)S(=O)(=O)c2ccccc2)c(OCC=C)c1. The summed E-state index contributed by atoms with van der Waals surface area (Å²) < 4.78 is 50.1. The predicted octanol–water partition coefficient (Wildman–Crippen LogP) is 4.18. The number of nitrogens with zero attached hydrogens (tertiary/aromatic N) is 2. The van der Waals surface area contributed by atoms with Crippen LogP contribution in [0.5, 0.6) is 23.0 Å². The first-order valence-electron chi connectivity index (χ1n) is 12.1. The number of sulfonamides is 1. The van der Waals surface area contributed by atoms with Crippen molar-refractivity contribution in [3.8, 4) is 23.0 Å². The van der Waals surface area contributed by atoms with E-state index < -0.39 is 22.5 Å². The van der Waals surface area contributed by atoms with Gasteiger partial charge < -0.3 is 18.9 Å². The smallest absolute Gasteiger partial charge is 0.264 e. The number of anilines is 1. The van der Waals surface area contributed by atoms with Gasteiger partial charge in [-0.1, -0.05) is 43.5 Å². The number of carbonyl (C=O) groups excluding carboxylic acids is 1. The lowest BCUT2D eigenvalue weighted by molar-refractivity contribution is -0.119. The van der Waals surface area contributed by atoms with Gasteiger partial charge in [-0.05, 0) is 36.4 Å². The maximum Gasteiger partial charge on any atom is 0.264 e. The molecule has 0 atom stereocenters. The van der Waals surface area contributed by atoms with Crippen molar-refractivity contribution in [2.24, 2.45) is 5.10 Å². The minimum Gasteiger partial charge on any atom is -0.497 e. The summed E-state index contributed by atoms with van der Waals surface area (Å²) >= 11 is 0. The first kappa shape index (κ1) is 29.8. The molecule has 210 valence electrons. The van der Waals surface area contributed by atoms with E-state index in [9.17, 15) is 13.2 Å². The van der Waals surface area contributed by atoms with Crippen molar-refractivity contribution < 1.29 is 32.2 Å². The van der Waals surface area contributed by atoms with Gasteiger partial charge in [-0.2, -0.15) is 5.10 Å². The molecular formula is C29H31N3O7S. The normalized spacial score (nSPS) is 10.9. The molecular weight excluding hydrogens is 534 g/mol. The van der Waals surface area contributed by atoms with E-state index in [1.165, 1.54) is 44.7 Å². The molecule has 0 fully saturated rings. The first-order chi connectivity index (χ1) is 19.3. The summed E-state index contributed by atoms with van der Waals surface area (Å²) in [6.45, 7) is 7.27. The van der Waals surface area contributed by atoms with E-state index in [-0.39, 0.29) is 22.9 Å².